The van der Waals surface area contributed by atoms with Crippen LogP contribution in [-0.2, 0) is 27.3 Å². The largest absolute Gasteiger partial charge is 0.469 e. The highest BCUT2D eigenvalue weighted by Crippen LogP contribution is 2.24. The molecule has 0 aliphatic carbocycles. The Bertz CT molecular complexity index is 721. The number of benzene rings is 1. The van der Waals surface area contributed by atoms with Gasteiger partial charge in [-0.15, -0.1) is 10.2 Å². The van der Waals surface area contributed by atoms with Crippen LogP contribution < -0.4 is 0 Å². The molecule has 0 aliphatic rings. The van der Waals surface area contributed by atoms with Crippen molar-refractivity contribution in [3.8, 4) is 11.5 Å². The molecule has 0 aliphatic heterocycles. The number of rotatable bonds is 8. The van der Waals surface area contributed by atoms with Crippen molar-refractivity contribution in [2.75, 3.05) is 13.7 Å². The fourth-order valence-corrected chi connectivity index (χ4v) is 1.80. The molecule has 0 fully saturated rings. The lowest BCUT2D eigenvalue weighted by atomic mass is 10.1. The van der Waals surface area contributed by atoms with E-state index in [2.05, 4.69) is 19.7 Å². The average Bonchev–Trinajstić information content (AvgIpc) is 3.03. The molecule has 6 nitrogen and oxygen atoms in total. The van der Waals surface area contributed by atoms with Gasteiger partial charge in [0.2, 0.25) is 11.8 Å². The van der Waals surface area contributed by atoms with E-state index in [0.717, 1.165) is 0 Å². The highest BCUT2D eigenvalue weighted by molar-refractivity contribution is 5.71. The van der Waals surface area contributed by atoms with Gasteiger partial charge < -0.3 is 13.9 Å². The van der Waals surface area contributed by atoms with E-state index in [9.17, 15) is 22.4 Å². The predicted molar refractivity (Wildman–Crippen MR) is 76.1 cm³/mol. The van der Waals surface area contributed by atoms with Gasteiger partial charge in [-0.25, -0.2) is 8.78 Å². The van der Waals surface area contributed by atoms with E-state index in [1.54, 1.807) is 18.2 Å². The molecule has 136 valence electrons. The minimum atomic E-state index is -4.20. The van der Waals surface area contributed by atoms with Crippen LogP contribution in [0.1, 0.15) is 11.5 Å². The first-order chi connectivity index (χ1) is 11.8. The quantitative estimate of drug-likeness (QED) is 0.531. The summed E-state index contributed by atoms with van der Waals surface area (Å²) in [5.41, 5.74) is 0.917. The maximum Gasteiger partial charge on any atom is 0.330 e. The zero-order valence-electron chi connectivity index (χ0n) is 13.0. The van der Waals surface area contributed by atoms with Gasteiger partial charge in [0.1, 0.15) is 13.0 Å². The fraction of sp³-hybridized carbons (Fsp3) is 0.400. The Morgan fingerprint density at radius 1 is 1.32 bits per heavy atom. The highest BCUT2D eigenvalue weighted by atomic mass is 19.3. The maximum absolute atomic E-state index is 12.8. The van der Waals surface area contributed by atoms with Crippen molar-refractivity contribution < 1.29 is 36.2 Å². The minimum Gasteiger partial charge on any atom is -0.469 e. The van der Waals surface area contributed by atoms with Crippen LogP contribution in [0.5, 0.6) is 0 Å². The zero-order valence-corrected chi connectivity index (χ0v) is 13.0. The van der Waals surface area contributed by atoms with Crippen LogP contribution in [0.15, 0.2) is 28.7 Å². The molecule has 0 atom stereocenters. The first-order valence-corrected chi connectivity index (χ1v) is 7.04. The first-order valence-electron chi connectivity index (χ1n) is 7.04. The molecule has 0 N–H and O–H groups in total. The normalized spacial score (nSPS) is 11.8. The lowest BCUT2D eigenvalue weighted by Crippen LogP contribution is -2.32. The third-order valence-electron chi connectivity index (χ3n) is 3.05. The number of hydrogen-bond donors (Lipinski definition) is 0. The third kappa shape index (κ3) is 5.24. The molecule has 0 bridgehead atoms. The van der Waals surface area contributed by atoms with Crippen LogP contribution in [0.3, 0.4) is 0 Å². The van der Waals surface area contributed by atoms with E-state index in [0.29, 0.717) is 11.1 Å². The van der Waals surface area contributed by atoms with Crippen molar-refractivity contribution in [1.82, 2.24) is 10.2 Å². The molecule has 0 spiro atoms. The number of carbonyl (C=O) groups excluding carboxylic acids is 1. The molecule has 2 rings (SSSR count). The van der Waals surface area contributed by atoms with Gasteiger partial charge in [0.05, 0.1) is 13.7 Å². The predicted octanol–water partition coefficient (Wildman–Crippen LogP) is 2.87. The molecule has 1 aromatic heterocycles. The summed E-state index contributed by atoms with van der Waals surface area (Å²) in [6, 6.07) is 6.29. The highest BCUT2D eigenvalue weighted by Gasteiger charge is 2.40. The minimum absolute atomic E-state index is 0.0556. The Morgan fingerprint density at radius 2 is 2.08 bits per heavy atom. The molecule has 1 heterocycles. The second kappa shape index (κ2) is 8.06. The number of aromatic nitrogens is 2. The van der Waals surface area contributed by atoms with Gasteiger partial charge in [0, 0.05) is 5.56 Å². The van der Waals surface area contributed by atoms with Crippen molar-refractivity contribution in [2.45, 2.75) is 25.4 Å². The summed E-state index contributed by atoms with van der Waals surface area (Å²) in [5, 5.41) is 7.47. The lowest BCUT2D eigenvalue weighted by Gasteiger charge is -2.15. The SMILES string of the molecule is COC(=O)Cc1nnc(-c2cccc(COCC(F)(F)C(F)F)c2)o1. The summed E-state index contributed by atoms with van der Waals surface area (Å²) in [7, 11) is 1.22. The van der Waals surface area contributed by atoms with E-state index in [1.807, 2.05) is 0 Å². The monoisotopic (exact) mass is 362 g/mol. The summed E-state index contributed by atoms with van der Waals surface area (Å²) in [4.78, 5) is 11.1. The van der Waals surface area contributed by atoms with Crippen LogP contribution in [-0.4, -0.2) is 42.2 Å². The van der Waals surface area contributed by atoms with E-state index in [1.165, 1.54) is 13.2 Å². The van der Waals surface area contributed by atoms with E-state index in [-0.39, 0.29) is 24.8 Å². The van der Waals surface area contributed by atoms with Gasteiger partial charge in [-0.1, -0.05) is 12.1 Å². The second-order valence-corrected chi connectivity index (χ2v) is 5.01. The Labute approximate surface area is 139 Å². The number of methoxy groups -OCH3 is 1. The van der Waals surface area contributed by atoms with Gasteiger partial charge in [-0.05, 0) is 17.7 Å². The van der Waals surface area contributed by atoms with Crippen LogP contribution in [0, 0.1) is 0 Å². The van der Waals surface area contributed by atoms with E-state index < -0.39 is 24.9 Å². The molecular weight excluding hydrogens is 348 g/mol. The van der Waals surface area contributed by atoms with Crippen LogP contribution in [0.4, 0.5) is 17.6 Å². The molecule has 1 aromatic carbocycles. The molecule has 2 aromatic rings. The Hall–Kier alpha value is -2.49. The molecule has 0 radical (unpaired) electrons. The summed E-state index contributed by atoms with van der Waals surface area (Å²) >= 11 is 0. The molecule has 0 saturated carbocycles. The number of halogens is 4. The molecule has 25 heavy (non-hydrogen) atoms. The standard InChI is InChI=1S/C15H14F4N2O4/c1-23-12(22)6-11-20-21-13(25-11)10-4-2-3-9(5-10)7-24-8-15(18,19)14(16)17/h2-5,14H,6-8H2,1H3. The van der Waals surface area contributed by atoms with Gasteiger partial charge in [-0.3, -0.25) is 4.79 Å². The maximum atomic E-state index is 12.8. The fourth-order valence-electron chi connectivity index (χ4n) is 1.80. The summed E-state index contributed by atoms with van der Waals surface area (Å²) in [6.07, 6.45) is -3.97. The van der Waals surface area contributed by atoms with Crippen molar-refractivity contribution in [1.29, 1.82) is 0 Å². The van der Waals surface area contributed by atoms with E-state index >= 15 is 0 Å². The van der Waals surface area contributed by atoms with Crippen molar-refractivity contribution in [3.63, 3.8) is 0 Å². The Morgan fingerprint density at radius 3 is 2.76 bits per heavy atom. The molecule has 10 heteroatoms. The summed E-state index contributed by atoms with van der Waals surface area (Å²) in [5.74, 6) is -4.58. The molecule has 0 saturated heterocycles. The van der Waals surface area contributed by atoms with E-state index in [4.69, 9.17) is 4.42 Å². The van der Waals surface area contributed by atoms with Crippen LogP contribution in [0.25, 0.3) is 11.5 Å². The smallest absolute Gasteiger partial charge is 0.330 e. The number of alkyl halides is 4. The average molecular weight is 362 g/mol. The zero-order chi connectivity index (χ0) is 18.4. The molecular formula is C15H14F4N2O4. The number of ether oxygens (including phenoxy) is 2. The number of carbonyl (C=O) groups is 1. The van der Waals surface area contributed by atoms with Crippen molar-refractivity contribution >= 4 is 5.97 Å². The van der Waals surface area contributed by atoms with Gasteiger partial charge in [0.25, 0.3) is 0 Å². The van der Waals surface area contributed by atoms with Gasteiger partial charge in [-0.2, -0.15) is 8.78 Å². The van der Waals surface area contributed by atoms with Crippen molar-refractivity contribution in [2.24, 2.45) is 0 Å². The van der Waals surface area contributed by atoms with Crippen molar-refractivity contribution in [3.05, 3.63) is 35.7 Å². The lowest BCUT2D eigenvalue weighted by molar-refractivity contribution is -0.168. The number of hydrogen-bond acceptors (Lipinski definition) is 6. The third-order valence-corrected chi connectivity index (χ3v) is 3.05. The Balaban J connectivity index is 2.00. The molecule has 0 unspecified atom stereocenters. The van der Waals surface area contributed by atoms with Gasteiger partial charge in [0.15, 0.2) is 0 Å². The first kappa shape index (κ1) is 18.8. The second-order valence-electron chi connectivity index (χ2n) is 5.01. The molecule has 0 amide bonds. The summed E-state index contributed by atoms with van der Waals surface area (Å²) in [6.45, 7) is -1.68. The number of esters is 1. The Kier molecular flexibility index (Phi) is 6.07. The van der Waals surface area contributed by atoms with Crippen LogP contribution >= 0.6 is 0 Å². The summed E-state index contributed by atoms with van der Waals surface area (Å²) < 4.78 is 64.1. The van der Waals surface area contributed by atoms with Crippen LogP contribution in [0.2, 0.25) is 0 Å². The number of nitrogens with zero attached hydrogens (tertiary/aromatic N) is 2. The topological polar surface area (TPSA) is 74.5 Å². The van der Waals surface area contributed by atoms with Gasteiger partial charge >= 0.3 is 18.3 Å².